The number of esters is 1. The first kappa shape index (κ1) is 18.3. The van der Waals surface area contributed by atoms with E-state index in [0.717, 1.165) is 12.8 Å². The molecule has 0 saturated carbocycles. The predicted octanol–water partition coefficient (Wildman–Crippen LogP) is 3.04. The van der Waals surface area contributed by atoms with Gasteiger partial charge in [0.15, 0.2) is 0 Å². The number of pyridine rings is 1. The molecule has 0 unspecified atom stereocenters. The summed E-state index contributed by atoms with van der Waals surface area (Å²) in [7, 11) is 0. The Hall–Kier alpha value is -2.48. The lowest BCUT2D eigenvalue weighted by Gasteiger charge is -2.24. The summed E-state index contributed by atoms with van der Waals surface area (Å²) >= 11 is 0. The van der Waals surface area contributed by atoms with E-state index in [2.05, 4.69) is 15.4 Å². The fourth-order valence-electron chi connectivity index (χ4n) is 3.09. The number of hydrogen-bond acceptors (Lipinski definition) is 6. The second-order valence-electron chi connectivity index (χ2n) is 5.98. The maximum absolute atomic E-state index is 14.7. The number of rotatable bonds is 6. The van der Waals surface area contributed by atoms with Gasteiger partial charge < -0.3 is 14.8 Å². The Kier molecular flexibility index (Phi) is 5.82. The number of carbonyl (C=O) groups is 1. The van der Waals surface area contributed by atoms with Crippen LogP contribution in [0.25, 0.3) is 11.3 Å². The molecule has 0 aliphatic carbocycles. The average Bonchev–Trinajstić information content (AvgIpc) is 3.08. The molecule has 26 heavy (non-hydrogen) atoms. The molecule has 2 aromatic rings. The van der Waals surface area contributed by atoms with Gasteiger partial charge in [0, 0.05) is 19.8 Å². The molecule has 0 radical (unpaired) electrons. The van der Waals surface area contributed by atoms with E-state index in [1.54, 1.807) is 23.7 Å². The fourth-order valence-corrected chi connectivity index (χ4v) is 3.09. The number of halogens is 1. The molecule has 1 aliphatic heterocycles. The fraction of sp³-hybridized carbons (Fsp3) is 0.500. The van der Waals surface area contributed by atoms with Crippen molar-refractivity contribution < 1.29 is 18.7 Å². The Bertz CT molecular complexity index is 772. The Morgan fingerprint density at radius 3 is 2.81 bits per heavy atom. The lowest BCUT2D eigenvalue weighted by atomic mass is 10.1. The number of hydrogen-bond donors (Lipinski definition) is 1. The van der Waals surface area contributed by atoms with Crippen LogP contribution in [0.5, 0.6) is 0 Å². The average molecular weight is 362 g/mol. The van der Waals surface area contributed by atoms with Crippen LogP contribution in [-0.2, 0) is 9.47 Å². The Morgan fingerprint density at radius 2 is 2.15 bits per heavy atom. The number of ether oxygens (including phenoxy) is 2. The third kappa shape index (κ3) is 3.70. The van der Waals surface area contributed by atoms with Gasteiger partial charge in [-0.2, -0.15) is 9.49 Å². The minimum Gasteiger partial charge on any atom is -0.462 e. The van der Waals surface area contributed by atoms with E-state index < -0.39 is 11.9 Å². The zero-order valence-corrected chi connectivity index (χ0v) is 15.0. The molecule has 1 fully saturated rings. The van der Waals surface area contributed by atoms with Gasteiger partial charge in [-0.25, -0.2) is 9.78 Å². The number of nitrogens with one attached hydrogen (secondary N) is 1. The minimum atomic E-state index is -0.650. The largest absolute Gasteiger partial charge is 0.462 e. The predicted molar refractivity (Wildman–Crippen MR) is 94.6 cm³/mol. The first-order valence-electron chi connectivity index (χ1n) is 8.88. The lowest BCUT2D eigenvalue weighted by molar-refractivity contribution is 0.0526. The van der Waals surface area contributed by atoms with E-state index in [1.807, 2.05) is 6.92 Å². The van der Waals surface area contributed by atoms with Gasteiger partial charge in [-0.15, -0.1) is 0 Å². The lowest BCUT2D eigenvalue weighted by Crippen LogP contribution is -2.22. The molecule has 0 atom stereocenters. The number of nitrogens with zero attached hydrogens (tertiary/aromatic N) is 3. The highest BCUT2D eigenvalue weighted by atomic mass is 19.1. The standard InChI is InChI=1S/C18H23FN4O3/c1-3-20-15-6-5-13(17(19)22-15)16-14(18(24)26-4-2)11-21-23(16)12-7-9-25-10-8-12/h5-6,11-12H,3-4,7-10H2,1-2H3,(H,20,22). The molecule has 3 heterocycles. The van der Waals surface area contributed by atoms with Crippen molar-refractivity contribution in [2.24, 2.45) is 0 Å². The summed E-state index contributed by atoms with van der Waals surface area (Å²) in [6.45, 7) is 5.73. The molecule has 0 bridgehead atoms. The van der Waals surface area contributed by atoms with Crippen LogP contribution in [-0.4, -0.2) is 47.1 Å². The molecule has 1 aliphatic rings. The molecule has 7 nitrogen and oxygen atoms in total. The highest BCUT2D eigenvalue weighted by Crippen LogP contribution is 2.32. The van der Waals surface area contributed by atoms with Crippen LogP contribution >= 0.6 is 0 Å². The Labute approximate surface area is 151 Å². The maximum Gasteiger partial charge on any atom is 0.341 e. The van der Waals surface area contributed by atoms with Gasteiger partial charge in [0.1, 0.15) is 11.4 Å². The second-order valence-corrected chi connectivity index (χ2v) is 5.98. The van der Waals surface area contributed by atoms with Crippen molar-refractivity contribution in [3.63, 3.8) is 0 Å². The van der Waals surface area contributed by atoms with E-state index in [9.17, 15) is 9.18 Å². The van der Waals surface area contributed by atoms with Gasteiger partial charge in [0.2, 0.25) is 5.95 Å². The second kappa shape index (κ2) is 8.27. The van der Waals surface area contributed by atoms with Crippen LogP contribution in [0.15, 0.2) is 18.3 Å². The molecule has 140 valence electrons. The van der Waals surface area contributed by atoms with Crippen molar-refractivity contribution in [3.8, 4) is 11.3 Å². The van der Waals surface area contributed by atoms with Gasteiger partial charge in [-0.3, -0.25) is 4.68 Å². The Morgan fingerprint density at radius 1 is 1.38 bits per heavy atom. The van der Waals surface area contributed by atoms with Crippen LogP contribution in [0.3, 0.4) is 0 Å². The molecular weight excluding hydrogens is 339 g/mol. The summed E-state index contributed by atoms with van der Waals surface area (Å²) in [4.78, 5) is 16.3. The SMILES string of the molecule is CCNc1ccc(-c2c(C(=O)OCC)cnn2C2CCOCC2)c(F)n1. The first-order valence-corrected chi connectivity index (χ1v) is 8.88. The molecule has 8 heteroatoms. The molecule has 1 saturated heterocycles. The van der Waals surface area contributed by atoms with Gasteiger partial charge >= 0.3 is 5.97 Å². The van der Waals surface area contributed by atoms with Crippen molar-refractivity contribution in [2.45, 2.75) is 32.7 Å². The molecule has 0 aromatic carbocycles. The smallest absolute Gasteiger partial charge is 0.341 e. The van der Waals surface area contributed by atoms with E-state index in [0.29, 0.717) is 31.3 Å². The van der Waals surface area contributed by atoms with Crippen molar-refractivity contribution in [1.29, 1.82) is 0 Å². The third-order valence-corrected chi connectivity index (χ3v) is 4.29. The van der Waals surface area contributed by atoms with Gasteiger partial charge in [0.25, 0.3) is 0 Å². The molecule has 0 spiro atoms. The summed E-state index contributed by atoms with van der Waals surface area (Å²) in [5, 5.41) is 7.34. The zero-order valence-electron chi connectivity index (χ0n) is 15.0. The molecule has 1 N–H and O–H groups in total. The van der Waals surface area contributed by atoms with Crippen LogP contribution in [0.4, 0.5) is 10.2 Å². The number of anilines is 1. The van der Waals surface area contributed by atoms with Crippen LogP contribution in [0, 0.1) is 5.95 Å². The third-order valence-electron chi connectivity index (χ3n) is 4.29. The van der Waals surface area contributed by atoms with Crippen LogP contribution in [0.1, 0.15) is 43.1 Å². The van der Waals surface area contributed by atoms with E-state index in [1.165, 1.54) is 6.20 Å². The van der Waals surface area contributed by atoms with Crippen LogP contribution in [0.2, 0.25) is 0 Å². The highest BCUT2D eigenvalue weighted by Gasteiger charge is 2.27. The minimum absolute atomic E-state index is 0.0368. The number of aromatic nitrogens is 3. The highest BCUT2D eigenvalue weighted by molar-refractivity contribution is 5.96. The van der Waals surface area contributed by atoms with E-state index in [-0.39, 0.29) is 23.8 Å². The molecule has 0 amide bonds. The summed E-state index contributed by atoms with van der Waals surface area (Å²) in [5.74, 6) is -0.720. The normalized spacial score (nSPS) is 15.0. The monoisotopic (exact) mass is 362 g/mol. The molecule has 2 aromatic heterocycles. The Balaban J connectivity index is 2.07. The summed E-state index contributed by atoms with van der Waals surface area (Å²) in [6.07, 6.45) is 2.95. The summed E-state index contributed by atoms with van der Waals surface area (Å²) < 4.78 is 27.0. The first-order chi connectivity index (χ1) is 12.7. The molecule has 3 rings (SSSR count). The van der Waals surface area contributed by atoms with Crippen LogP contribution < -0.4 is 5.32 Å². The maximum atomic E-state index is 14.7. The quantitative estimate of drug-likeness (QED) is 0.629. The van der Waals surface area contributed by atoms with Gasteiger partial charge in [-0.1, -0.05) is 0 Å². The van der Waals surface area contributed by atoms with Gasteiger partial charge in [-0.05, 0) is 38.8 Å². The van der Waals surface area contributed by atoms with Crippen molar-refractivity contribution in [1.82, 2.24) is 14.8 Å². The zero-order chi connectivity index (χ0) is 18.5. The summed E-state index contributed by atoms with van der Waals surface area (Å²) in [5.41, 5.74) is 0.886. The van der Waals surface area contributed by atoms with Crippen molar-refractivity contribution >= 4 is 11.8 Å². The van der Waals surface area contributed by atoms with E-state index >= 15 is 0 Å². The molecular formula is C18H23FN4O3. The summed E-state index contributed by atoms with van der Waals surface area (Å²) in [6, 6.07) is 3.35. The number of carbonyl (C=O) groups excluding carboxylic acids is 1. The van der Waals surface area contributed by atoms with E-state index in [4.69, 9.17) is 9.47 Å². The topological polar surface area (TPSA) is 78.3 Å². The van der Waals surface area contributed by atoms with Crippen molar-refractivity contribution in [3.05, 3.63) is 29.8 Å². The van der Waals surface area contributed by atoms with Crippen molar-refractivity contribution in [2.75, 3.05) is 31.7 Å². The van der Waals surface area contributed by atoms with Gasteiger partial charge in [0.05, 0.1) is 30.1 Å².